The second-order valence-corrected chi connectivity index (χ2v) is 18.8. The minimum absolute atomic E-state index is 0.0379. The smallest absolute Gasteiger partial charge is 0.137 e. The molecule has 0 spiro atoms. The van der Waals surface area contributed by atoms with E-state index in [2.05, 4.69) is 190 Å². The minimum Gasteiger partial charge on any atom is -0.456 e. The van der Waals surface area contributed by atoms with Gasteiger partial charge in [-0.2, -0.15) is 0 Å². The fourth-order valence-corrected chi connectivity index (χ4v) is 9.28. The Labute approximate surface area is 315 Å². The van der Waals surface area contributed by atoms with Gasteiger partial charge in [0.15, 0.2) is 0 Å². The van der Waals surface area contributed by atoms with Gasteiger partial charge in [-0.3, -0.25) is 0 Å². The van der Waals surface area contributed by atoms with Gasteiger partial charge >= 0.3 is 0 Å². The van der Waals surface area contributed by atoms with E-state index in [1.807, 2.05) is 0 Å². The van der Waals surface area contributed by atoms with Crippen molar-refractivity contribution in [3.05, 3.63) is 148 Å². The highest BCUT2D eigenvalue weighted by atomic mass is 16.3. The second-order valence-electron chi connectivity index (χ2n) is 18.8. The molecule has 2 heteroatoms. The molecule has 2 aliphatic rings. The van der Waals surface area contributed by atoms with Crippen LogP contribution < -0.4 is 4.90 Å². The molecule has 0 saturated heterocycles. The molecule has 266 valence electrons. The van der Waals surface area contributed by atoms with Crippen LogP contribution in [0.1, 0.15) is 108 Å². The molecule has 6 aromatic carbocycles. The predicted molar refractivity (Wildman–Crippen MR) is 226 cm³/mol. The van der Waals surface area contributed by atoms with Crippen molar-refractivity contribution < 1.29 is 4.42 Å². The molecule has 53 heavy (non-hydrogen) atoms. The van der Waals surface area contributed by atoms with Crippen LogP contribution in [0.25, 0.3) is 44.2 Å². The number of fused-ring (bicyclic) bond motifs is 9. The standard InChI is InChI=1S/C51H51NO/c1-30-24-32(49(5,6)7)26-46-47(30)40-23-19-35(29-45(40)53-46)52(33-17-21-38-36-14-12-13-15-41(36)50(8,9)43(38)27-33)34-18-22-39-37-20-16-31(48(2,3)4)25-42(37)51(10,11)44(39)28-34/h12-29H,1-11H3. The van der Waals surface area contributed by atoms with Gasteiger partial charge in [-0.25, -0.2) is 0 Å². The van der Waals surface area contributed by atoms with Crippen molar-refractivity contribution in [1.82, 2.24) is 0 Å². The number of aryl methyl sites for hydroxylation is 1. The fraction of sp³-hybridized carbons (Fsp3) is 0.294. The largest absolute Gasteiger partial charge is 0.456 e. The van der Waals surface area contributed by atoms with Crippen LogP contribution in [0.5, 0.6) is 0 Å². The topological polar surface area (TPSA) is 16.4 Å². The minimum atomic E-state index is -0.139. The van der Waals surface area contributed by atoms with E-state index in [4.69, 9.17) is 4.42 Å². The van der Waals surface area contributed by atoms with Gasteiger partial charge in [-0.15, -0.1) is 0 Å². The molecule has 2 nitrogen and oxygen atoms in total. The van der Waals surface area contributed by atoms with Crippen molar-refractivity contribution in [3.63, 3.8) is 0 Å². The predicted octanol–water partition coefficient (Wildman–Crippen LogP) is 14.6. The third-order valence-electron chi connectivity index (χ3n) is 12.5. The number of furan rings is 1. The monoisotopic (exact) mass is 693 g/mol. The molecular weight excluding hydrogens is 643 g/mol. The molecule has 0 aliphatic heterocycles. The zero-order chi connectivity index (χ0) is 37.4. The summed E-state index contributed by atoms with van der Waals surface area (Å²) in [6, 6.07) is 41.6. The van der Waals surface area contributed by atoms with Gasteiger partial charge in [-0.05, 0) is 121 Å². The van der Waals surface area contributed by atoms with Crippen molar-refractivity contribution in [1.29, 1.82) is 0 Å². The fourth-order valence-electron chi connectivity index (χ4n) is 9.28. The van der Waals surface area contributed by atoms with E-state index in [-0.39, 0.29) is 21.7 Å². The van der Waals surface area contributed by atoms with Crippen LogP contribution in [-0.2, 0) is 21.7 Å². The lowest BCUT2D eigenvalue weighted by Crippen LogP contribution is -2.19. The van der Waals surface area contributed by atoms with Crippen LogP contribution in [0.4, 0.5) is 17.1 Å². The summed E-state index contributed by atoms with van der Waals surface area (Å²) in [6.07, 6.45) is 0. The zero-order valence-corrected chi connectivity index (χ0v) is 33.2. The molecule has 0 N–H and O–H groups in total. The van der Waals surface area contributed by atoms with E-state index in [1.54, 1.807) is 0 Å². The Hall–Kier alpha value is -5.08. The third-order valence-corrected chi connectivity index (χ3v) is 12.5. The molecule has 2 aliphatic carbocycles. The molecule has 0 amide bonds. The van der Waals surface area contributed by atoms with E-state index in [1.165, 1.54) is 66.6 Å². The van der Waals surface area contributed by atoms with Gasteiger partial charge in [0.05, 0.1) is 0 Å². The third kappa shape index (κ3) is 4.98. The Morgan fingerprint density at radius 3 is 1.60 bits per heavy atom. The molecule has 0 bridgehead atoms. The van der Waals surface area contributed by atoms with Crippen molar-refractivity contribution in [2.24, 2.45) is 0 Å². The first-order chi connectivity index (χ1) is 24.9. The molecule has 0 unspecified atom stereocenters. The van der Waals surface area contributed by atoms with Crippen molar-refractivity contribution in [2.75, 3.05) is 4.90 Å². The van der Waals surface area contributed by atoms with Gasteiger partial charge in [0.2, 0.25) is 0 Å². The van der Waals surface area contributed by atoms with Crippen LogP contribution in [0, 0.1) is 6.92 Å². The highest BCUT2D eigenvalue weighted by molar-refractivity contribution is 6.08. The van der Waals surface area contributed by atoms with Gasteiger partial charge in [0, 0.05) is 44.7 Å². The van der Waals surface area contributed by atoms with Crippen LogP contribution in [0.15, 0.2) is 114 Å². The van der Waals surface area contributed by atoms with E-state index in [0.29, 0.717) is 0 Å². The zero-order valence-electron chi connectivity index (χ0n) is 33.2. The average Bonchev–Trinajstić information content (AvgIpc) is 3.67. The van der Waals surface area contributed by atoms with Gasteiger partial charge in [-0.1, -0.05) is 130 Å². The van der Waals surface area contributed by atoms with Crippen molar-refractivity contribution >= 4 is 39.0 Å². The van der Waals surface area contributed by atoms with Gasteiger partial charge in [0.1, 0.15) is 11.2 Å². The summed E-state index contributed by atoms with van der Waals surface area (Å²) in [4.78, 5) is 2.44. The maximum absolute atomic E-state index is 6.74. The van der Waals surface area contributed by atoms with Crippen LogP contribution >= 0.6 is 0 Å². The Balaban J connectivity index is 1.24. The van der Waals surface area contributed by atoms with E-state index in [0.717, 1.165) is 33.6 Å². The first kappa shape index (κ1) is 33.7. The summed E-state index contributed by atoms with van der Waals surface area (Å²) in [5.74, 6) is 0. The number of nitrogens with zero attached hydrogens (tertiary/aromatic N) is 1. The maximum Gasteiger partial charge on any atom is 0.137 e. The summed E-state index contributed by atoms with van der Waals surface area (Å²) in [7, 11) is 0. The Morgan fingerprint density at radius 1 is 0.472 bits per heavy atom. The summed E-state index contributed by atoms with van der Waals surface area (Å²) in [6.45, 7) is 25.4. The molecule has 0 fully saturated rings. The second kappa shape index (κ2) is 11.0. The Morgan fingerprint density at radius 2 is 0.981 bits per heavy atom. The lowest BCUT2D eigenvalue weighted by Gasteiger charge is -2.30. The molecule has 1 aromatic heterocycles. The maximum atomic E-state index is 6.74. The highest BCUT2D eigenvalue weighted by Crippen LogP contribution is 2.54. The number of anilines is 3. The first-order valence-corrected chi connectivity index (χ1v) is 19.3. The van der Waals surface area contributed by atoms with E-state index in [9.17, 15) is 0 Å². The van der Waals surface area contributed by atoms with Crippen molar-refractivity contribution in [2.45, 2.75) is 97.8 Å². The summed E-state index contributed by atoms with van der Waals surface area (Å²) < 4.78 is 6.74. The number of hydrogen-bond donors (Lipinski definition) is 0. The quantitative estimate of drug-likeness (QED) is 0.183. The number of benzene rings is 6. The summed E-state index contributed by atoms with van der Waals surface area (Å²) >= 11 is 0. The summed E-state index contributed by atoms with van der Waals surface area (Å²) in [5, 5.41) is 2.36. The molecule has 9 rings (SSSR count). The lowest BCUT2D eigenvalue weighted by atomic mass is 9.79. The average molecular weight is 694 g/mol. The summed E-state index contributed by atoms with van der Waals surface area (Å²) in [5.41, 5.74) is 19.9. The molecule has 1 heterocycles. The number of hydrogen-bond acceptors (Lipinski definition) is 2. The van der Waals surface area contributed by atoms with Gasteiger partial charge in [0.25, 0.3) is 0 Å². The SMILES string of the molecule is Cc1cc(C(C)(C)C)cc2oc3cc(N(c4ccc5c(c4)C(C)(C)c4ccccc4-5)c4ccc5c(c4)C(C)(C)c4cc(C(C)(C)C)ccc4-5)ccc3c12. The molecule has 7 aromatic rings. The van der Waals surface area contributed by atoms with Gasteiger partial charge < -0.3 is 9.32 Å². The molecular formula is C51H51NO. The van der Waals surface area contributed by atoms with Crippen molar-refractivity contribution in [3.8, 4) is 22.3 Å². The van der Waals surface area contributed by atoms with Crippen LogP contribution in [0.2, 0.25) is 0 Å². The Bertz CT molecular complexity index is 2650. The van der Waals surface area contributed by atoms with Crippen LogP contribution in [0.3, 0.4) is 0 Å². The van der Waals surface area contributed by atoms with Crippen LogP contribution in [-0.4, -0.2) is 0 Å². The normalized spacial score (nSPS) is 15.4. The number of rotatable bonds is 3. The van der Waals surface area contributed by atoms with E-state index >= 15 is 0 Å². The molecule has 0 saturated carbocycles. The van der Waals surface area contributed by atoms with E-state index < -0.39 is 0 Å². The molecule has 0 atom stereocenters. The lowest BCUT2D eigenvalue weighted by molar-refractivity contribution is 0.584. The Kier molecular flexibility index (Phi) is 6.99. The molecule has 0 radical (unpaired) electrons. The highest BCUT2D eigenvalue weighted by Gasteiger charge is 2.38. The first-order valence-electron chi connectivity index (χ1n) is 19.3.